The number of hydrogen-bond acceptors (Lipinski definition) is 4. The maximum Gasteiger partial charge on any atom is 0.331 e. The standard InChI is InChI=1S/C39H52O5/c1-34(2)29-14-13-28-27(37(29,5)18-17-31(34)44-32(41)15-10-25-8-11-26(40)12-9-25)16-19-39(7)30-24-36(4,33(42)43)21-20-35(30,3)22-23-38(28,39)6/h8-13,15-16,29-31,40H,14,17-24H2,1-7H3,(H,42,43)/t29-,30+,31+,35+,36+,37+,38+,39-/m0/s1. The van der Waals surface area contributed by atoms with Gasteiger partial charge in [0.2, 0.25) is 0 Å². The number of aliphatic carboxylic acids is 1. The van der Waals surface area contributed by atoms with E-state index < -0.39 is 11.4 Å². The van der Waals surface area contributed by atoms with Crippen LogP contribution in [0.2, 0.25) is 0 Å². The van der Waals surface area contributed by atoms with E-state index in [1.165, 1.54) is 17.2 Å². The Kier molecular flexibility index (Phi) is 7.15. The molecule has 0 radical (unpaired) electrons. The number of allylic oxidation sites excluding steroid dienone is 4. The van der Waals surface area contributed by atoms with Gasteiger partial charge in [-0.25, -0.2) is 4.79 Å². The average molecular weight is 601 g/mol. The van der Waals surface area contributed by atoms with E-state index in [1.54, 1.807) is 30.3 Å². The van der Waals surface area contributed by atoms with Crippen LogP contribution in [0.1, 0.15) is 112 Å². The zero-order chi connectivity index (χ0) is 31.9. The minimum absolute atomic E-state index is 0.00556. The number of fused-ring (bicyclic) bond motifs is 7. The largest absolute Gasteiger partial charge is 0.508 e. The van der Waals surface area contributed by atoms with Crippen molar-refractivity contribution >= 4 is 18.0 Å². The molecule has 8 atom stereocenters. The predicted molar refractivity (Wildman–Crippen MR) is 174 cm³/mol. The van der Waals surface area contributed by atoms with Gasteiger partial charge in [-0.3, -0.25) is 4.79 Å². The van der Waals surface area contributed by atoms with E-state index in [1.807, 2.05) is 6.92 Å². The predicted octanol–water partition coefficient (Wildman–Crippen LogP) is 9.12. The van der Waals surface area contributed by atoms with E-state index >= 15 is 0 Å². The topological polar surface area (TPSA) is 83.8 Å². The molecule has 0 aromatic heterocycles. The molecule has 0 heterocycles. The van der Waals surface area contributed by atoms with Crippen molar-refractivity contribution in [2.75, 3.05) is 0 Å². The molecule has 5 heteroatoms. The molecule has 0 amide bonds. The van der Waals surface area contributed by atoms with Crippen molar-refractivity contribution in [3.05, 3.63) is 59.2 Å². The summed E-state index contributed by atoms with van der Waals surface area (Å²) in [6.45, 7) is 16.4. The summed E-state index contributed by atoms with van der Waals surface area (Å²) in [7, 11) is 0. The van der Waals surface area contributed by atoms with Gasteiger partial charge < -0.3 is 14.9 Å². The Labute approximate surface area is 263 Å². The monoisotopic (exact) mass is 600 g/mol. The lowest BCUT2D eigenvalue weighted by Crippen LogP contribution is -2.61. The second-order valence-corrected chi connectivity index (χ2v) is 16.9. The highest BCUT2D eigenvalue weighted by molar-refractivity contribution is 5.87. The number of esters is 1. The molecule has 5 aliphatic carbocycles. The van der Waals surface area contributed by atoms with E-state index in [-0.39, 0.29) is 44.9 Å². The summed E-state index contributed by atoms with van der Waals surface area (Å²) in [4.78, 5) is 25.4. The normalized spacial score (nSPS) is 42.6. The molecule has 3 saturated carbocycles. The third-order valence-corrected chi connectivity index (χ3v) is 14.3. The lowest BCUT2D eigenvalue weighted by atomic mass is 9.35. The highest BCUT2D eigenvalue weighted by Gasteiger charge is 2.66. The van der Waals surface area contributed by atoms with Gasteiger partial charge >= 0.3 is 11.9 Å². The second-order valence-electron chi connectivity index (χ2n) is 16.9. The Bertz CT molecular complexity index is 1450. The number of rotatable bonds is 4. The Morgan fingerprint density at radius 2 is 1.55 bits per heavy atom. The third kappa shape index (κ3) is 4.46. The number of benzene rings is 1. The van der Waals surface area contributed by atoms with Gasteiger partial charge in [-0.05, 0) is 133 Å². The van der Waals surface area contributed by atoms with Gasteiger partial charge in [0, 0.05) is 11.5 Å². The van der Waals surface area contributed by atoms with Crippen molar-refractivity contribution < 1.29 is 24.5 Å². The van der Waals surface area contributed by atoms with E-state index in [9.17, 15) is 19.8 Å². The molecule has 1 aromatic rings. The molecule has 3 fully saturated rings. The molecule has 0 aliphatic heterocycles. The van der Waals surface area contributed by atoms with Gasteiger partial charge in [-0.2, -0.15) is 0 Å². The summed E-state index contributed by atoms with van der Waals surface area (Å²) in [5.74, 6) is -0.0352. The molecule has 44 heavy (non-hydrogen) atoms. The van der Waals surface area contributed by atoms with Crippen LogP contribution >= 0.6 is 0 Å². The first-order chi connectivity index (χ1) is 20.5. The van der Waals surface area contributed by atoms with Crippen molar-refractivity contribution in [3.8, 4) is 5.75 Å². The number of phenols is 1. The minimum atomic E-state index is -0.646. The third-order valence-electron chi connectivity index (χ3n) is 14.3. The number of aromatic hydroxyl groups is 1. The van der Waals surface area contributed by atoms with Crippen molar-refractivity contribution in [1.82, 2.24) is 0 Å². The SMILES string of the molecule is CC1(C)[C@H](OC(=O)C=Cc2ccc(O)cc2)CC[C@]2(C)C3=CC[C@@]4(C)[C@@H]5C[C@](C)(C(=O)O)CC[C@]5(C)CC[C@]4(C)C3=CC[C@@H]12. The zero-order valence-electron chi connectivity index (χ0n) is 27.8. The van der Waals surface area contributed by atoms with Crippen LogP contribution < -0.4 is 0 Å². The van der Waals surface area contributed by atoms with Crippen molar-refractivity contribution in [2.24, 2.45) is 44.3 Å². The fourth-order valence-electron chi connectivity index (χ4n) is 10.9. The summed E-state index contributed by atoms with van der Waals surface area (Å²) in [5.41, 5.74) is 3.26. The molecule has 0 saturated heterocycles. The van der Waals surface area contributed by atoms with Crippen LogP contribution in [0, 0.1) is 44.3 Å². The maximum absolute atomic E-state index is 13.0. The van der Waals surface area contributed by atoms with Gasteiger partial charge in [-0.15, -0.1) is 0 Å². The van der Waals surface area contributed by atoms with Crippen LogP contribution in [-0.4, -0.2) is 28.3 Å². The van der Waals surface area contributed by atoms with Gasteiger partial charge in [-0.1, -0.05) is 65.8 Å². The smallest absolute Gasteiger partial charge is 0.331 e. The highest BCUT2D eigenvalue weighted by Crippen LogP contribution is 2.74. The van der Waals surface area contributed by atoms with Crippen LogP contribution in [0.4, 0.5) is 0 Å². The van der Waals surface area contributed by atoms with Crippen molar-refractivity contribution in [1.29, 1.82) is 0 Å². The summed E-state index contributed by atoms with van der Waals surface area (Å²) < 4.78 is 6.15. The quantitative estimate of drug-likeness (QED) is 0.266. The van der Waals surface area contributed by atoms with E-state index in [2.05, 4.69) is 53.7 Å². The lowest BCUT2D eigenvalue weighted by molar-refractivity contribution is -0.172. The number of carboxylic acid groups (broad SMARTS) is 1. The second kappa shape index (κ2) is 10.1. The van der Waals surface area contributed by atoms with E-state index in [4.69, 9.17) is 4.74 Å². The number of carbonyl (C=O) groups excluding carboxylic acids is 1. The number of ether oxygens (including phenoxy) is 1. The number of carbonyl (C=O) groups is 2. The van der Waals surface area contributed by atoms with Crippen molar-refractivity contribution in [2.45, 2.75) is 112 Å². The number of hydrogen-bond donors (Lipinski definition) is 2. The summed E-state index contributed by atoms with van der Waals surface area (Å²) in [6.07, 6.45) is 16.8. The van der Waals surface area contributed by atoms with E-state index in [0.717, 1.165) is 63.4 Å². The lowest BCUT2D eigenvalue weighted by Gasteiger charge is -2.68. The van der Waals surface area contributed by atoms with Crippen LogP contribution in [0.5, 0.6) is 5.75 Å². The first kappa shape index (κ1) is 31.2. The molecule has 0 unspecified atom stereocenters. The molecule has 1 aromatic carbocycles. The van der Waals surface area contributed by atoms with E-state index in [0.29, 0.717) is 11.8 Å². The number of carboxylic acids is 1. The Hall–Kier alpha value is -2.82. The fraction of sp³-hybridized carbons (Fsp3) is 0.641. The summed E-state index contributed by atoms with van der Waals surface area (Å²) in [6, 6.07) is 6.77. The molecular weight excluding hydrogens is 548 g/mol. The summed E-state index contributed by atoms with van der Waals surface area (Å²) >= 11 is 0. The Morgan fingerprint density at radius 1 is 0.864 bits per heavy atom. The Balaban J connectivity index is 1.26. The molecule has 6 rings (SSSR count). The van der Waals surface area contributed by atoms with Gasteiger partial charge in [0.15, 0.2) is 0 Å². The van der Waals surface area contributed by atoms with Crippen molar-refractivity contribution in [3.63, 3.8) is 0 Å². The first-order valence-electron chi connectivity index (χ1n) is 16.8. The van der Waals surface area contributed by atoms with Gasteiger partial charge in [0.25, 0.3) is 0 Å². The molecule has 5 aliphatic rings. The van der Waals surface area contributed by atoms with Crippen LogP contribution in [0.15, 0.2) is 53.6 Å². The molecule has 0 bridgehead atoms. The van der Waals surface area contributed by atoms with Crippen LogP contribution in [0.3, 0.4) is 0 Å². The average Bonchev–Trinajstić information content (AvgIpc) is 2.96. The van der Waals surface area contributed by atoms with Gasteiger partial charge in [0.1, 0.15) is 11.9 Å². The minimum Gasteiger partial charge on any atom is -0.508 e. The molecule has 238 valence electrons. The molecular formula is C39H52O5. The molecule has 2 N–H and O–H groups in total. The zero-order valence-corrected chi connectivity index (χ0v) is 27.8. The van der Waals surface area contributed by atoms with Gasteiger partial charge in [0.05, 0.1) is 5.41 Å². The fourth-order valence-corrected chi connectivity index (χ4v) is 10.9. The summed E-state index contributed by atoms with van der Waals surface area (Å²) in [5, 5.41) is 19.7. The maximum atomic E-state index is 13.0. The van der Waals surface area contributed by atoms with Crippen LogP contribution in [0.25, 0.3) is 6.08 Å². The number of phenolic OH excluding ortho intramolecular Hbond substituents is 1. The molecule has 0 spiro atoms. The molecule has 5 nitrogen and oxygen atoms in total. The van der Waals surface area contributed by atoms with Crippen LogP contribution in [-0.2, 0) is 14.3 Å². The highest BCUT2D eigenvalue weighted by atomic mass is 16.5. The first-order valence-corrected chi connectivity index (χ1v) is 16.8. The Morgan fingerprint density at radius 3 is 2.23 bits per heavy atom.